The standard InChI is InChI=1S/C18H23FN2O/c1-13-11-18(20-17-12-15(19)3-4-16(13)17)21-8-5-14(6-9-21)7-10-22-2/h3-4,11-12,14H,5-10H2,1-2H3. The van der Waals surface area contributed by atoms with Gasteiger partial charge in [-0.05, 0) is 55.9 Å². The Morgan fingerprint density at radius 2 is 2.05 bits per heavy atom. The van der Waals surface area contributed by atoms with E-state index in [0.29, 0.717) is 0 Å². The molecule has 0 unspecified atom stereocenters. The molecular formula is C18H23FN2O. The molecule has 2 aromatic rings. The Hall–Kier alpha value is -1.68. The monoisotopic (exact) mass is 302 g/mol. The normalized spacial score (nSPS) is 16.4. The average molecular weight is 302 g/mol. The van der Waals surface area contributed by atoms with Crippen LogP contribution in [-0.4, -0.2) is 31.8 Å². The lowest BCUT2D eigenvalue weighted by molar-refractivity contribution is 0.170. The molecule has 3 nitrogen and oxygen atoms in total. The summed E-state index contributed by atoms with van der Waals surface area (Å²) in [5, 5.41) is 1.03. The zero-order valence-electron chi connectivity index (χ0n) is 13.3. The lowest BCUT2D eigenvalue weighted by atomic mass is 9.94. The number of aromatic nitrogens is 1. The van der Waals surface area contributed by atoms with E-state index in [2.05, 4.69) is 22.9 Å². The van der Waals surface area contributed by atoms with Gasteiger partial charge < -0.3 is 9.64 Å². The first-order valence-electron chi connectivity index (χ1n) is 7.98. The van der Waals surface area contributed by atoms with Crippen molar-refractivity contribution in [3.8, 4) is 0 Å². The molecule has 2 heterocycles. The molecule has 1 saturated heterocycles. The summed E-state index contributed by atoms with van der Waals surface area (Å²) in [6, 6.07) is 6.96. The number of ether oxygens (including phenoxy) is 1. The summed E-state index contributed by atoms with van der Waals surface area (Å²) in [6.07, 6.45) is 3.48. The van der Waals surface area contributed by atoms with Crippen LogP contribution in [0.1, 0.15) is 24.8 Å². The molecule has 1 aromatic heterocycles. The summed E-state index contributed by atoms with van der Waals surface area (Å²) < 4.78 is 18.6. The highest BCUT2D eigenvalue weighted by molar-refractivity contribution is 5.84. The van der Waals surface area contributed by atoms with Gasteiger partial charge in [-0.1, -0.05) is 0 Å². The smallest absolute Gasteiger partial charge is 0.129 e. The van der Waals surface area contributed by atoms with Crippen molar-refractivity contribution in [3.05, 3.63) is 35.6 Å². The molecule has 0 atom stereocenters. The second-order valence-corrected chi connectivity index (χ2v) is 6.17. The Morgan fingerprint density at radius 3 is 2.77 bits per heavy atom. The molecule has 0 aliphatic carbocycles. The van der Waals surface area contributed by atoms with Gasteiger partial charge >= 0.3 is 0 Å². The van der Waals surface area contributed by atoms with E-state index in [1.54, 1.807) is 7.11 Å². The molecule has 1 aliphatic heterocycles. The molecule has 4 heteroatoms. The topological polar surface area (TPSA) is 25.4 Å². The van der Waals surface area contributed by atoms with Crippen molar-refractivity contribution in [2.45, 2.75) is 26.2 Å². The molecule has 0 radical (unpaired) electrons. The molecule has 0 N–H and O–H groups in total. The SMILES string of the molecule is COCCC1CCN(c2cc(C)c3ccc(F)cc3n2)CC1. The van der Waals surface area contributed by atoms with E-state index in [4.69, 9.17) is 4.74 Å². The van der Waals surface area contributed by atoms with Crippen molar-refractivity contribution in [3.63, 3.8) is 0 Å². The van der Waals surface area contributed by atoms with Crippen molar-refractivity contribution in [1.29, 1.82) is 0 Å². The minimum atomic E-state index is -0.227. The highest BCUT2D eigenvalue weighted by Crippen LogP contribution is 2.27. The third-order valence-electron chi connectivity index (χ3n) is 4.63. The molecular weight excluding hydrogens is 279 g/mol. The maximum Gasteiger partial charge on any atom is 0.129 e. The second-order valence-electron chi connectivity index (χ2n) is 6.17. The number of hydrogen-bond acceptors (Lipinski definition) is 3. The van der Waals surface area contributed by atoms with Gasteiger partial charge in [0.15, 0.2) is 0 Å². The number of fused-ring (bicyclic) bond motifs is 1. The summed E-state index contributed by atoms with van der Waals surface area (Å²) in [4.78, 5) is 6.99. The van der Waals surface area contributed by atoms with Gasteiger partial charge in [-0.15, -0.1) is 0 Å². The number of hydrogen-bond donors (Lipinski definition) is 0. The third-order valence-corrected chi connectivity index (χ3v) is 4.63. The maximum atomic E-state index is 13.4. The number of benzene rings is 1. The number of methoxy groups -OCH3 is 1. The molecule has 22 heavy (non-hydrogen) atoms. The third kappa shape index (κ3) is 3.22. The van der Waals surface area contributed by atoms with Gasteiger partial charge in [0, 0.05) is 38.3 Å². The first-order chi connectivity index (χ1) is 10.7. The van der Waals surface area contributed by atoms with Crippen LogP contribution in [0.3, 0.4) is 0 Å². The highest BCUT2D eigenvalue weighted by Gasteiger charge is 2.20. The van der Waals surface area contributed by atoms with E-state index in [9.17, 15) is 4.39 Å². The minimum absolute atomic E-state index is 0.227. The number of piperidine rings is 1. The summed E-state index contributed by atoms with van der Waals surface area (Å²) in [5.41, 5.74) is 1.90. The van der Waals surface area contributed by atoms with Gasteiger partial charge in [0.2, 0.25) is 0 Å². The molecule has 0 amide bonds. The van der Waals surface area contributed by atoms with Crippen molar-refractivity contribution < 1.29 is 9.13 Å². The highest BCUT2D eigenvalue weighted by atomic mass is 19.1. The van der Waals surface area contributed by atoms with Crippen LogP contribution in [0.25, 0.3) is 10.9 Å². The molecule has 118 valence electrons. The summed E-state index contributed by atoms with van der Waals surface area (Å²) in [6.45, 7) is 4.94. The largest absolute Gasteiger partial charge is 0.385 e. The van der Waals surface area contributed by atoms with Gasteiger partial charge in [0.1, 0.15) is 11.6 Å². The Labute approximate surface area is 131 Å². The summed E-state index contributed by atoms with van der Waals surface area (Å²) >= 11 is 0. The molecule has 1 aromatic carbocycles. The molecule has 1 fully saturated rings. The lowest BCUT2D eigenvalue weighted by Crippen LogP contribution is -2.34. The predicted molar refractivity (Wildman–Crippen MR) is 87.9 cm³/mol. The van der Waals surface area contributed by atoms with E-state index in [1.807, 2.05) is 6.07 Å². The molecule has 3 rings (SSSR count). The van der Waals surface area contributed by atoms with Crippen LogP contribution in [-0.2, 0) is 4.74 Å². The van der Waals surface area contributed by atoms with Gasteiger partial charge in [-0.2, -0.15) is 0 Å². The Morgan fingerprint density at radius 1 is 1.27 bits per heavy atom. The van der Waals surface area contributed by atoms with E-state index >= 15 is 0 Å². The fraction of sp³-hybridized carbons (Fsp3) is 0.500. The lowest BCUT2D eigenvalue weighted by Gasteiger charge is -2.33. The minimum Gasteiger partial charge on any atom is -0.385 e. The predicted octanol–water partition coefficient (Wildman–Crippen LogP) is 3.94. The molecule has 0 spiro atoms. The van der Waals surface area contributed by atoms with Gasteiger partial charge in [0.25, 0.3) is 0 Å². The second kappa shape index (κ2) is 6.61. The number of rotatable bonds is 4. The Kier molecular flexibility index (Phi) is 4.57. The maximum absolute atomic E-state index is 13.4. The van der Waals surface area contributed by atoms with Crippen LogP contribution in [0.2, 0.25) is 0 Å². The van der Waals surface area contributed by atoms with Crippen LogP contribution in [0.15, 0.2) is 24.3 Å². The van der Waals surface area contributed by atoms with Gasteiger partial charge in [-0.25, -0.2) is 9.37 Å². The quantitative estimate of drug-likeness (QED) is 0.855. The fourth-order valence-corrected chi connectivity index (χ4v) is 3.26. The van der Waals surface area contributed by atoms with E-state index < -0.39 is 0 Å². The van der Waals surface area contributed by atoms with E-state index in [1.165, 1.54) is 25.0 Å². The number of halogens is 1. The van der Waals surface area contributed by atoms with Gasteiger partial charge in [-0.3, -0.25) is 0 Å². The Balaban J connectivity index is 1.77. The zero-order chi connectivity index (χ0) is 15.5. The van der Waals surface area contributed by atoms with Crippen molar-refractivity contribution in [1.82, 2.24) is 4.98 Å². The number of nitrogens with zero attached hydrogens (tertiary/aromatic N) is 2. The van der Waals surface area contributed by atoms with Crippen molar-refractivity contribution >= 4 is 16.7 Å². The van der Waals surface area contributed by atoms with Crippen LogP contribution in [0, 0.1) is 18.7 Å². The van der Waals surface area contributed by atoms with Crippen LogP contribution < -0.4 is 4.90 Å². The first kappa shape index (κ1) is 15.2. The fourth-order valence-electron chi connectivity index (χ4n) is 3.26. The average Bonchev–Trinajstić information content (AvgIpc) is 2.53. The first-order valence-corrected chi connectivity index (χ1v) is 7.98. The Bertz CT molecular complexity index is 651. The summed E-state index contributed by atoms with van der Waals surface area (Å²) in [7, 11) is 1.76. The summed E-state index contributed by atoms with van der Waals surface area (Å²) in [5.74, 6) is 1.49. The van der Waals surface area contributed by atoms with Crippen LogP contribution >= 0.6 is 0 Å². The number of anilines is 1. The van der Waals surface area contributed by atoms with Crippen LogP contribution in [0.5, 0.6) is 0 Å². The number of pyridine rings is 1. The van der Waals surface area contributed by atoms with E-state index in [-0.39, 0.29) is 5.82 Å². The van der Waals surface area contributed by atoms with Crippen LogP contribution in [0.4, 0.5) is 10.2 Å². The van der Waals surface area contributed by atoms with Crippen molar-refractivity contribution in [2.24, 2.45) is 5.92 Å². The molecule has 1 aliphatic rings. The van der Waals surface area contributed by atoms with E-state index in [0.717, 1.165) is 54.3 Å². The molecule has 0 bridgehead atoms. The van der Waals surface area contributed by atoms with Crippen molar-refractivity contribution in [2.75, 3.05) is 31.7 Å². The zero-order valence-corrected chi connectivity index (χ0v) is 13.3. The number of aryl methyl sites for hydroxylation is 1. The van der Waals surface area contributed by atoms with Gasteiger partial charge in [0.05, 0.1) is 5.52 Å². The molecule has 0 saturated carbocycles.